The molecule has 0 bridgehead atoms. The van der Waals surface area contributed by atoms with Gasteiger partial charge in [0.2, 0.25) is 0 Å². The lowest BCUT2D eigenvalue weighted by Gasteiger charge is -2.18. The van der Waals surface area contributed by atoms with E-state index in [1.165, 1.54) is 22.4 Å². The lowest BCUT2D eigenvalue weighted by atomic mass is 9.86. The van der Waals surface area contributed by atoms with Crippen LogP contribution in [0.1, 0.15) is 43.5 Å². The number of aliphatic imine (C=N–C) groups is 1. The second-order valence-electron chi connectivity index (χ2n) is 6.15. The Kier molecular flexibility index (Phi) is 2.78. The lowest BCUT2D eigenvalue weighted by molar-refractivity contribution is 0.590. The van der Waals surface area contributed by atoms with Crippen molar-refractivity contribution < 1.29 is 0 Å². The largest absolute Gasteiger partial charge is 0.272 e. The van der Waals surface area contributed by atoms with Gasteiger partial charge in [-0.2, -0.15) is 0 Å². The molecule has 1 aliphatic heterocycles. The highest BCUT2D eigenvalue weighted by Gasteiger charge is 2.30. The van der Waals surface area contributed by atoms with Crippen molar-refractivity contribution in [3.8, 4) is 0 Å². The van der Waals surface area contributed by atoms with E-state index in [2.05, 4.69) is 74.3 Å². The van der Waals surface area contributed by atoms with Crippen molar-refractivity contribution >= 4 is 5.71 Å². The van der Waals surface area contributed by atoms with Crippen molar-refractivity contribution in [2.75, 3.05) is 0 Å². The SMILES string of the molecule is CC(C)(C)c1ccc(C2=NC2c2ccccc2)cc1. The van der Waals surface area contributed by atoms with E-state index in [1.807, 2.05) is 6.07 Å². The molecule has 1 nitrogen and oxygen atoms in total. The Labute approximate surface area is 115 Å². The first-order valence-corrected chi connectivity index (χ1v) is 6.79. The summed E-state index contributed by atoms with van der Waals surface area (Å²) in [6.45, 7) is 6.72. The van der Waals surface area contributed by atoms with E-state index in [1.54, 1.807) is 0 Å². The van der Waals surface area contributed by atoms with Crippen molar-refractivity contribution in [1.82, 2.24) is 0 Å². The predicted molar refractivity (Wildman–Crippen MR) is 80.9 cm³/mol. The number of hydrogen-bond donors (Lipinski definition) is 0. The van der Waals surface area contributed by atoms with Crippen LogP contribution in [0.2, 0.25) is 0 Å². The monoisotopic (exact) mass is 249 g/mol. The molecule has 0 radical (unpaired) electrons. The molecule has 1 heterocycles. The van der Waals surface area contributed by atoms with E-state index in [0.717, 1.165) is 0 Å². The summed E-state index contributed by atoms with van der Waals surface area (Å²) in [5, 5.41) is 0. The fourth-order valence-corrected chi connectivity index (χ4v) is 2.34. The first-order chi connectivity index (χ1) is 9.05. The average Bonchev–Trinajstić information content (AvgIpc) is 3.19. The second kappa shape index (κ2) is 4.34. The zero-order valence-electron chi connectivity index (χ0n) is 11.7. The van der Waals surface area contributed by atoms with Crippen molar-refractivity contribution in [3.63, 3.8) is 0 Å². The highest BCUT2D eigenvalue weighted by Crippen LogP contribution is 2.35. The minimum Gasteiger partial charge on any atom is -0.272 e. The van der Waals surface area contributed by atoms with E-state index in [0.29, 0.717) is 0 Å². The van der Waals surface area contributed by atoms with Crippen LogP contribution in [-0.4, -0.2) is 5.71 Å². The molecule has 0 N–H and O–H groups in total. The highest BCUT2D eigenvalue weighted by atomic mass is 15.0. The van der Waals surface area contributed by atoms with E-state index >= 15 is 0 Å². The molecule has 1 heteroatoms. The van der Waals surface area contributed by atoms with Crippen LogP contribution in [0.5, 0.6) is 0 Å². The van der Waals surface area contributed by atoms with Gasteiger partial charge in [-0.15, -0.1) is 0 Å². The molecule has 1 atom stereocenters. The molecule has 0 fully saturated rings. The topological polar surface area (TPSA) is 12.4 Å². The zero-order chi connectivity index (χ0) is 13.5. The van der Waals surface area contributed by atoms with Crippen molar-refractivity contribution in [1.29, 1.82) is 0 Å². The minimum atomic E-state index is 0.211. The van der Waals surface area contributed by atoms with Crippen LogP contribution in [0, 0.1) is 0 Å². The van der Waals surface area contributed by atoms with Crippen LogP contribution in [0.15, 0.2) is 59.6 Å². The molecule has 1 aliphatic rings. The minimum absolute atomic E-state index is 0.211. The maximum absolute atomic E-state index is 4.60. The highest BCUT2D eigenvalue weighted by molar-refractivity contribution is 6.13. The van der Waals surface area contributed by atoms with Gasteiger partial charge in [-0.05, 0) is 22.1 Å². The van der Waals surface area contributed by atoms with Gasteiger partial charge < -0.3 is 0 Å². The van der Waals surface area contributed by atoms with Gasteiger partial charge in [-0.1, -0.05) is 75.4 Å². The van der Waals surface area contributed by atoms with Crippen molar-refractivity contribution in [3.05, 3.63) is 71.3 Å². The molecule has 0 saturated heterocycles. The number of benzene rings is 2. The molecule has 0 aliphatic carbocycles. The molecule has 0 amide bonds. The number of rotatable bonds is 2. The third kappa shape index (κ3) is 2.46. The lowest BCUT2D eigenvalue weighted by Crippen LogP contribution is -2.10. The van der Waals surface area contributed by atoms with E-state index in [9.17, 15) is 0 Å². The summed E-state index contributed by atoms with van der Waals surface area (Å²) in [5.41, 5.74) is 5.34. The maximum Gasteiger partial charge on any atom is 0.118 e. The Morgan fingerprint density at radius 3 is 2.05 bits per heavy atom. The van der Waals surface area contributed by atoms with Gasteiger partial charge in [0.05, 0.1) is 5.71 Å². The van der Waals surface area contributed by atoms with E-state index in [4.69, 9.17) is 0 Å². The van der Waals surface area contributed by atoms with Gasteiger partial charge in [0, 0.05) is 0 Å². The molecule has 1 unspecified atom stereocenters. The van der Waals surface area contributed by atoms with Gasteiger partial charge in [-0.3, -0.25) is 4.99 Å². The molecule has 0 aromatic heterocycles. The molecule has 0 saturated carbocycles. The Hall–Kier alpha value is -1.89. The van der Waals surface area contributed by atoms with Gasteiger partial charge in [0.15, 0.2) is 0 Å². The average molecular weight is 249 g/mol. The quantitative estimate of drug-likeness (QED) is 0.741. The Morgan fingerprint density at radius 1 is 0.842 bits per heavy atom. The zero-order valence-corrected chi connectivity index (χ0v) is 11.7. The predicted octanol–water partition coefficient (Wildman–Crippen LogP) is 4.53. The molecule has 19 heavy (non-hydrogen) atoms. The molecule has 3 rings (SSSR count). The summed E-state index contributed by atoms with van der Waals surface area (Å²) < 4.78 is 0. The smallest absolute Gasteiger partial charge is 0.118 e. The van der Waals surface area contributed by atoms with Gasteiger partial charge in [0.1, 0.15) is 6.04 Å². The Balaban J connectivity index is 1.77. The standard InChI is InChI=1S/C18H19N/c1-18(2,3)15-11-9-14(10-12-15)17-16(19-17)13-7-5-4-6-8-13/h4-12,16H,1-3H3. The summed E-state index contributed by atoms with van der Waals surface area (Å²) in [4.78, 5) is 4.60. The molecular weight excluding hydrogens is 230 g/mol. The third-order valence-corrected chi connectivity index (χ3v) is 3.62. The molecule has 96 valence electrons. The number of nitrogens with zero attached hydrogens (tertiary/aromatic N) is 1. The molecular formula is C18H19N. The summed E-state index contributed by atoms with van der Waals surface area (Å²) in [6, 6.07) is 19.6. The first-order valence-electron chi connectivity index (χ1n) is 6.79. The molecule has 2 aromatic carbocycles. The fourth-order valence-electron chi connectivity index (χ4n) is 2.34. The van der Waals surface area contributed by atoms with Crippen molar-refractivity contribution in [2.45, 2.75) is 32.2 Å². The normalized spacial score (nSPS) is 18.1. The molecule has 0 spiro atoms. The number of hydrogen-bond acceptors (Lipinski definition) is 1. The molecule has 2 aromatic rings. The summed E-state index contributed by atoms with van der Waals surface area (Å²) in [7, 11) is 0. The van der Waals surface area contributed by atoms with Gasteiger partial charge in [-0.25, -0.2) is 0 Å². The van der Waals surface area contributed by atoms with Gasteiger partial charge in [0.25, 0.3) is 0 Å². The maximum atomic E-state index is 4.60. The Bertz CT molecular complexity index is 600. The summed E-state index contributed by atoms with van der Waals surface area (Å²) >= 11 is 0. The van der Waals surface area contributed by atoms with Crippen LogP contribution in [0.3, 0.4) is 0 Å². The third-order valence-electron chi connectivity index (χ3n) is 3.62. The fraction of sp³-hybridized carbons (Fsp3) is 0.278. The van der Waals surface area contributed by atoms with E-state index < -0.39 is 0 Å². The van der Waals surface area contributed by atoms with E-state index in [-0.39, 0.29) is 11.5 Å². The summed E-state index contributed by atoms with van der Waals surface area (Å²) in [5.74, 6) is 0. The Morgan fingerprint density at radius 2 is 1.47 bits per heavy atom. The van der Waals surface area contributed by atoms with Crippen LogP contribution in [-0.2, 0) is 5.41 Å². The second-order valence-corrected chi connectivity index (χ2v) is 6.15. The van der Waals surface area contributed by atoms with Crippen LogP contribution in [0.4, 0.5) is 0 Å². The van der Waals surface area contributed by atoms with Crippen molar-refractivity contribution in [2.24, 2.45) is 4.99 Å². The van der Waals surface area contributed by atoms with Crippen LogP contribution in [0.25, 0.3) is 0 Å². The summed E-state index contributed by atoms with van der Waals surface area (Å²) in [6.07, 6.45) is 0. The first kappa shape index (κ1) is 12.2. The van der Waals surface area contributed by atoms with Gasteiger partial charge >= 0.3 is 0 Å². The van der Waals surface area contributed by atoms with Crippen LogP contribution < -0.4 is 0 Å². The van der Waals surface area contributed by atoms with Crippen LogP contribution >= 0.6 is 0 Å².